The highest BCUT2D eigenvalue weighted by Gasteiger charge is 2.43. The van der Waals surface area contributed by atoms with Gasteiger partial charge in [-0.1, -0.05) is 0 Å². The number of hydrogen-bond donors (Lipinski definition) is 1. The Morgan fingerprint density at radius 3 is 2.47 bits per heavy atom. The monoisotopic (exact) mass is 287 g/mol. The van der Waals surface area contributed by atoms with Crippen molar-refractivity contribution in [3.05, 3.63) is 11.9 Å². The fraction of sp³-hybridized carbons (Fsp3) is 0.727. The molecule has 2 fully saturated rings. The Morgan fingerprint density at radius 2 is 1.95 bits per heavy atom. The van der Waals surface area contributed by atoms with Gasteiger partial charge in [0.15, 0.2) is 5.79 Å². The van der Waals surface area contributed by atoms with Crippen LogP contribution in [0, 0.1) is 6.92 Å². The minimum atomic E-state index is -3.47. The van der Waals surface area contributed by atoms with Crippen molar-refractivity contribution in [2.24, 2.45) is 0 Å². The van der Waals surface area contributed by atoms with E-state index in [0.29, 0.717) is 44.8 Å². The molecule has 2 aliphatic rings. The van der Waals surface area contributed by atoms with Gasteiger partial charge >= 0.3 is 0 Å². The minimum absolute atomic E-state index is 0.247. The quantitative estimate of drug-likeness (QED) is 0.842. The van der Waals surface area contributed by atoms with Crippen molar-refractivity contribution >= 4 is 10.0 Å². The van der Waals surface area contributed by atoms with E-state index in [1.807, 2.05) is 0 Å². The van der Waals surface area contributed by atoms with Gasteiger partial charge < -0.3 is 9.47 Å². The predicted octanol–water partition coefficient (Wildman–Crippen LogP) is 0.246. The van der Waals surface area contributed by atoms with E-state index in [1.54, 1.807) is 6.92 Å². The third kappa shape index (κ3) is 2.18. The highest BCUT2D eigenvalue weighted by atomic mass is 32.2. The van der Waals surface area contributed by atoms with Crippen LogP contribution in [0.25, 0.3) is 0 Å². The molecule has 0 unspecified atom stereocenters. The number of aromatic amines is 1. The molecule has 1 N–H and O–H groups in total. The molecule has 19 heavy (non-hydrogen) atoms. The van der Waals surface area contributed by atoms with Crippen LogP contribution < -0.4 is 0 Å². The van der Waals surface area contributed by atoms with Crippen molar-refractivity contribution in [1.29, 1.82) is 0 Å². The van der Waals surface area contributed by atoms with Crippen molar-refractivity contribution < 1.29 is 17.9 Å². The Labute approximate surface area is 111 Å². The number of piperidine rings is 1. The van der Waals surface area contributed by atoms with Crippen molar-refractivity contribution in [2.75, 3.05) is 26.3 Å². The first-order chi connectivity index (χ1) is 9.04. The third-order valence-corrected chi connectivity index (χ3v) is 5.71. The summed E-state index contributed by atoms with van der Waals surface area (Å²) in [6.45, 7) is 3.70. The Bertz CT molecular complexity index is 552. The number of nitrogens with one attached hydrogen (secondary N) is 1. The van der Waals surface area contributed by atoms with Crippen LogP contribution in [0.2, 0.25) is 0 Å². The second-order valence-electron chi connectivity index (χ2n) is 4.87. The van der Waals surface area contributed by atoms with Gasteiger partial charge in [0.05, 0.1) is 25.1 Å². The summed E-state index contributed by atoms with van der Waals surface area (Å²) in [4.78, 5) is 0.247. The highest BCUT2D eigenvalue weighted by Crippen LogP contribution is 2.33. The molecule has 106 valence electrons. The smallest absolute Gasteiger partial charge is 0.246 e. The molecule has 0 aromatic carbocycles. The number of rotatable bonds is 2. The van der Waals surface area contributed by atoms with Gasteiger partial charge in [0.1, 0.15) is 4.90 Å². The second kappa shape index (κ2) is 4.55. The molecule has 0 saturated carbocycles. The Balaban J connectivity index is 1.76. The van der Waals surface area contributed by atoms with Crippen molar-refractivity contribution in [3.8, 4) is 0 Å². The SMILES string of the molecule is Cc1[nH]ncc1S(=O)(=O)N1CCC2(CC1)OCCO2. The average Bonchev–Trinajstić information content (AvgIpc) is 3.00. The molecule has 1 aromatic rings. The largest absolute Gasteiger partial charge is 0.347 e. The molecule has 0 aliphatic carbocycles. The maximum Gasteiger partial charge on any atom is 0.246 e. The lowest BCUT2D eigenvalue weighted by molar-refractivity contribution is -0.179. The molecule has 1 aromatic heterocycles. The van der Waals surface area contributed by atoms with Crippen LogP contribution in [-0.4, -0.2) is 55.0 Å². The zero-order valence-corrected chi connectivity index (χ0v) is 11.6. The molecule has 0 amide bonds. The van der Waals surface area contributed by atoms with E-state index in [9.17, 15) is 8.42 Å². The van der Waals surface area contributed by atoms with E-state index in [2.05, 4.69) is 10.2 Å². The minimum Gasteiger partial charge on any atom is -0.347 e. The molecule has 2 aliphatic heterocycles. The number of sulfonamides is 1. The van der Waals surface area contributed by atoms with E-state index >= 15 is 0 Å². The average molecular weight is 287 g/mol. The van der Waals surface area contributed by atoms with Gasteiger partial charge in [0.2, 0.25) is 10.0 Å². The number of aryl methyl sites for hydroxylation is 1. The van der Waals surface area contributed by atoms with Gasteiger partial charge in [-0.2, -0.15) is 9.40 Å². The first kappa shape index (κ1) is 13.0. The number of ether oxygens (including phenoxy) is 2. The van der Waals surface area contributed by atoms with Crippen LogP contribution in [-0.2, 0) is 19.5 Å². The number of aromatic nitrogens is 2. The van der Waals surface area contributed by atoms with E-state index in [-0.39, 0.29) is 4.90 Å². The van der Waals surface area contributed by atoms with Gasteiger partial charge in [-0.05, 0) is 6.92 Å². The van der Waals surface area contributed by atoms with E-state index in [0.717, 1.165) is 0 Å². The summed E-state index contributed by atoms with van der Waals surface area (Å²) in [7, 11) is -3.47. The lowest BCUT2D eigenvalue weighted by Crippen LogP contribution is -2.47. The lowest BCUT2D eigenvalue weighted by atomic mass is 10.1. The van der Waals surface area contributed by atoms with Crippen LogP contribution in [0.3, 0.4) is 0 Å². The first-order valence-electron chi connectivity index (χ1n) is 6.32. The molecule has 0 atom stereocenters. The summed E-state index contributed by atoms with van der Waals surface area (Å²) in [5, 5.41) is 6.43. The zero-order valence-electron chi connectivity index (χ0n) is 10.8. The summed E-state index contributed by atoms with van der Waals surface area (Å²) in [6, 6.07) is 0. The summed E-state index contributed by atoms with van der Waals surface area (Å²) in [5.41, 5.74) is 0.564. The standard InChI is InChI=1S/C11H17N3O4S/c1-9-10(8-12-13-9)19(15,16)14-4-2-11(3-5-14)17-6-7-18-11/h8H,2-7H2,1H3,(H,12,13). The maximum atomic E-state index is 12.5. The fourth-order valence-corrected chi connectivity index (χ4v) is 4.15. The molecular formula is C11H17N3O4S. The number of nitrogens with zero attached hydrogens (tertiary/aromatic N) is 2. The fourth-order valence-electron chi connectivity index (χ4n) is 2.59. The zero-order chi connectivity index (χ0) is 13.5. The number of hydrogen-bond acceptors (Lipinski definition) is 5. The van der Waals surface area contributed by atoms with Crippen molar-refractivity contribution in [3.63, 3.8) is 0 Å². The van der Waals surface area contributed by atoms with Gasteiger partial charge in [0.25, 0.3) is 0 Å². The Morgan fingerprint density at radius 1 is 1.32 bits per heavy atom. The van der Waals surface area contributed by atoms with Crippen molar-refractivity contribution in [1.82, 2.24) is 14.5 Å². The van der Waals surface area contributed by atoms with Gasteiger partial charge in [-0.25, -0.2) is 8.42 Å². The molecule has 0 radical (unpaired) electrons. The molecule has 0 bridgehead atoms. The number of H-pyrrole nitrogens is 1. The third-order valence-electron chi connectivity index (χ3n) is 3.70. The van der Waals surface area contributed by atoms with E-state index < -0.39 is 15.8 Å². The second-order valence-corrected chi connectivity index (χ2v) is 6.78. The Kier molecular flexibility index (Phi) is 3.12. The topological polar surface area (TPSA) is 84.5 Å². The van der Waals surface area contributed by atoms with Crippen LogP contribution in [0.4, 0.5) is 0 Å². The van der Waals surface area contributed by atoms with Gasteiger partial charge in [-0.15, -0.1) is 0 Å². The predicted molar refractivity (Wildman–Crippen MR) is 66.0 cm³/mol. The lowest BCUT2D eigenvalue weighted by Gasteiger charge is -2.36. The molecule has 8 heteroatoms. The highest BCUT2D eigenvalue weighted by molar-refractivity contribution is 7.89. The normalized spacial score (nSPS) is 24.1. The van der Waals surface area contributed by atoms with Crippen LogP contribution >= 0.6 is 0 Å². The van der Waals surface area contributed by atoms with E-state index in [1.165, 1.54) is 10.5 Å². The molecule has 2 saturated heterocycles. The van der Waals surface area contributed by atoms with Gasteiger partial charge in [-0.3, -0.25) is 5.10 Å². The summed E-state index contributed by atoms with van der Waals surface area (Å²) >= 11 is 0. The summed E-state index contributed by atoms with van der Waals surface area (Å²) in [6.07, 6.45) is 2.50. The molecule has 3 heterocycles. The van der Waals surface area contributed by atoms with Crippen molar-refractivity contribution in [2.45, 2.75) is 30.4 Å². The molecule has 7 nitrogen and oxygen atoms in total. The molecule has 3 rings (SSSR count). The molecule has 1 spiro atoms. The first-order valence-corrected chi connectivity index (χ1v) is 7.76. The van der Waals surface area contributed by atoms with Gasteiger partial charge in [0, 0.05) is 25.9 Å². The van der Waals surface area contributed by atoms with Crippen LogP contribution in [0.15, 0.2) is 11.1 Å². The van der Waals surface area contributed by atoms with E-state index in [4.69, 9.17) is 9.47 Å². The van der Waals surface area contributed by atoms with Crippen LogP contribution in [0.1, 0.15) is 18.5 Å². The summed E-state index contributed by atoms with van der Waals surface area (Å²) in [5.74, 6) is -0.558. The summed E-state index contributed by atoms with van der Waals surface area (Å²) < 4.78 is 37.6. The molecular weight excluding hydrogens is 270 g/mol. The Hall–Kier alpha value is -0.960. The van der Waals surface area contributed by atoms with Crippen LogP contribution in [0.5, 0.6) is 0 Å². The maximum absolute atomic E-state index is 12.5.